The molecule has 1 amide bonds. The predicted molar refractivity (Wildman–Crippen MR) is 139 cm³/mol. The molecule has 12 heteroatoms. The summed E-state index contributed by atoms with van der Waals surface area (Å²) >= 11 is 6.76. The average Bonchev–Trinajstić information content (AvgIpc) is 2.83. The fraction of sp³-hybridized carbons (Fsp3) is 0.593. The van der Waals surface area contributed by atoms with Gasteiger partial charge in [0.05, 0.1) is 24.1 Å². The lowest BCUT2D eigenvalue weighted by Gasteiger charge is -2.52. The van der Waals surface area contributed by atoms with Crippen molar-refractivity contribution < 1.29 is 39.3 Å². The summed E-state index contributed by atoms with van der Waals surface area (Å²) in [5, 5.41) is 32.4. The Morgan fingerprint density at radius 1 is 1.18 bits per heavy atom. The minimum absolute atomic E-state index is 0.0529. The lowest BCUT2D eigenvalue weighted by molar-refractivity contribution is -0.181. The second-order valence-electron chi connectivity index (χ2n) is 11.8. The summed E-state index contributed by atoms with van der Waals surface area (Å²) in [5.74, 6) is -11.1. The van der Waals surface area contributed by atoms with E-state index in [1.165, 1.54) is 25.1 Å². The van der Waals surface area contributed by atoms with Crippen LogP contribution in [0.15, 0.2) is 6.07 Å². The SMILES string of the molecule is CN(C)[C@@H]1C(=O)C(C(N)=O)C(=O)C2(O)C(=O)C3C(=O)c4c(O)cc(CN(C)C(C)(C)CO)c(Cl)c4C[C@H]3C[C@@H]12. The zero-order valence-corrected chi connectivity index (χ0v) is 23.3. The van der Waals surface area contributed by atoms with E-state index < -0.39 is 75.6 Å². The number of carbonyl (C=O) groups is 5. The normalized spacial score (nSPS) is 30.9. The van der Waals surface area contributed by atoms with Gasteiger partial charge in [0.25, 0.3) is 0 Å². The van der Waals surface area contributed by atoms with Crippen LogP contribution in [0.25, 0.3) is 0 Å². The average molecular weight is 564 g/mol. The van der Waals surface area contributed by atoms with Crippen LogP contribution in [-0.4, -0.2) is 99.1 Å². The topological polar surface area (TPSA) is 179 Å². The van der Waals surface area contributed by atoms with Gasteiger partial charge >= 0.3 is 0 Å². The molecule has 2 saturated carbocycles. The first-order valence-corrected chi connectivity index (χ1v) is 13.1. The molecule has 11 nitrogen and oxygen atoms in total. The van der Waals surface area contributed by atoms with Crippen molar-refractivity contribution in [2.24, 2.45) is 29.4 Å². The molecule has 0 aromatic heterocycles. The van der Waals surface area contributed by atoms with E-state index in [9.17, 15) is 39.3 Å². The molecule has 2 fully saturated rings. The third-order valence-electron chi connectivity index (χ3n) is 8.90. The number of aliphatic hydroxyl groups is 2. The second kappa shape index (κ2) is 9.74. The van der Waals surface area contributed by atoms with Crippen molar-refractivity contribution >= 4 is 40.6 Å². The Kier molecular flexibility index (Phi) is 7.31. The van der Waals surface area contributed by atoms with Crippen LogP contribution in [0.1, 0.15) is 41.8 Å². The lowest BCUT2D eigenvalue weighted by Crippen LogP contribution is -2.74. The molecule has 0 radical (unpaired) electrons. The number of carbonyl (C=O) groups excluding carboxylic acids is 5. The molecule has 0 aliphatic heterocycles. The van der Waals surface area contributed by atoms with Crippen molar-refractivity contribution in [1.29, 1.82) is 0 Å². The van der Waals surface area contributed by atoms with Gasteiger partial charge in [0.15, 0.2) is 34.7 Å². The zero-order valence-electron chi connectivity index (χ0n) is 22.5. The van der Waals surface area contributed by atoms with Crippen molar-refractivity contribution in [1.82, 2.24) is 9.80 Å². The number of fused-ring (bicyclic) bond motifs is 3. The number of primary amides is 1. The van der Waals surface area contributed by atoms with Crippen molar-refractivity contribution in [2.75, 3.05) is 27.7 Å². The highest BCUT2D eigenvalue weighted by atomic mass is 35.5. The van der Waals surface area contributed by atoms with Gasteiger partial charge in [-0.25, -0.2) is 0 Å². The number of phenols is 1. The molecule has 3 aliphatic rings. The number of Topliss-reactive ketones (excluding diaryl/α,β-unsaturated/α-hetero) is 4. The first-order valence-electron chi connectivity index (χ1n) is 12.7. The van der Waals surface area contributed by atoms with Gasteiger partial charge in [0.1, 0.15) is 5.75 Å². The molecule has 6 atom stereocenters. The first kappa shape index (κ1) is 29.3. The van der Waals surface area contributed by atoms with E-state index in [-0.39, 0.29) is 36.6 Å². The zero-order chi connectivity index (χ0) is 29.4. The Morgan fingerprint density at radius 3 is 2.33 bits per heavy atom. The molecule has 3 aliphatic carbocycles. The number of benzene rings is 1. The van der Waals surface area contributed by atoms with E-state index in [0.29, 0.717) is 11.1 Å². The van der Waals surface area contributed by atoms with Crippen LogP contribution in [0.5, 0.6) is 5.75 Å². The maximum absolute atomic E-state index is 13.8. The maximum atomic E-state index is 13.8. The summed E-state index contributed by atoms with van der Waals surface area (Å²) in [4.78, 5) is 69.3. The highest BCUT2D eigenvalue weighted by Crippen LogP contribution is 2.51. The number of aromatic hydroxyl groups is 1. The van der Waals surface area contributed by atoms with Crippen molar-refractivity contribution in [3.63, 3.8) is 0 Å². The van der Waals surface area contributed by atoms with Gasteiger partial charge in [-0.1, -0.05) is 11.6 Å². The second-order valence-corrected chi connectivity index (χ2v) is 12.2. The number of hydrogen-bond acceptors (Lipinski definition) is 10. The van der Waals surface area contributed by atoms with Gasteiger partial charge < -0.3 is 21.1 Å². The van der Waals surface area contributed by atoms with Gasteiger partial charge in [-0.3, -0.25) is 33.8 Å². The molecule has 0 spiro atoms. The number of rotatable bonds is 6. The van der Waals surface area contributed by atoms with E-state index in [2.05, 4.69) is 0 Å². The van der Waals surface area contributed by atoms with Crippen LogP contribution in [0.4, 0.5) is 0 Å². The molecule has 1 aromatic rings. The number of phenolic OH excluding ortho intramolecular Hbond substituents is 1. The molecular weight excluding hydrogens is 530 g/mol. The highest BCUT2D eigenvalue weighted by molar-refractivity contribution is 6.34. The highest BCUT2D eigenvalue weighted by Gasteiger charge is 2.69. The Labute approximate surface area is 230 Å². The number of amides is 1. The molecule has 39 heavy (non-hydrogen) atoms. The Balaban J connectivity index is 1.81. The van der Waals surface area contributed by atoms with Crippen LogP contribution in [-0.2, 0) is 32.1 Å². The number of aliphatic hydroxyl groups excluding tert-OH is 1. The monoisotopic (exact) mass is 563 g/mol. The third-order valence-corrected chi connectivity index (χ3v) is 9.37. The fourth-order valence-corrected chi connectivity index (χ4v) is 6.70. The minimum atomic E-state index is -2.77. The molecule has 0 heterocycles. The number of nitrogens with zero attached hydrogens (tertiary/aromatic N) is 2. The van der Waals surface area contributed by atoms with E-state index in [0.717, 1.165) is 0 Å². The standard InChI is InChI=1S/C27H34ClN3O8/c1-26(2,10-32)31(5)9-12-8-15(33)17-13(19(12)28)6-11-7-14-20(30(3)4)22(35)18(25(29)38)24(37)27(14,39)23(36)16(11)21(17)34/h8,11,14,16,18,20,32-33,39H,6-7,9-10H2,1-5H3,(H2,29,38)/t11-,14-,16?,18?,20-,27?/m0/s1. The first-order chi connectivity index (χ1) is 18.0. The van der Waals surface area contributed by atoms with Crippen LogP contribution in [0.2, 0.25) is 5.02 Å². The van der Waals surface area contributed by atoms with E-state index in [1.54, 1.807) is 7.05 Å². The third kappa shape index (κ3) is 4.22. The quantitative estimate of drug-likeness (QED) is 0.336. The Hall–Kier alpha value is -2.70. The molecular formula is C27H34ClN3O8. The summed E-state index contributed by atoms with van der Waals surface area (Å²) in [6.07, 6.45) is 0.0296. The molecule has 0 bridgehead atoms. The van der Waals surface area contributed by atoms with Crippen LogP contribution in [0, 0.1) is 23.7 Å². The number of hydrogen-bond donors (Lipinski definition) is 4. The van der Waals surface area contributed by atoms with Gasteiger partial charge in [-0.05, 0) is 70.9 Å². The van der Waals surface area contributed by atoms with Crippen molar-refractivity contribution in [3.8, 4) is 5.75 Å². The Morgan fingerprint density at radius 2 is 1.79 bits per heavy atom. The number of ketones is 4. The van der Waals surface area contributed by atoms with Gasteiger partial charge in [-0.15, -0.1) is 0 Å². The summed E-state index contributed by atoms with van der Waals surface area (Å²) in [7, 11) is 4.84. The Bertz CT molecular complexity index is 1290. The summed E-state index contributed by atoms with van der Waals surface area (Å²) in [5.41, 5.74) is 2.66. The molecule has 3 unspecified atom stereocenters. The smallest absolute Gasteiger partial charge is 0.235 e. The van der Waals surface area contributed by atoms with Gasteiger partial charge in [0.2, 0.25) is 5.91 Å². The summed E-state index contributed by atoms with van der Waals surface area (Å²) in [6, 6.07) is 0.167. The van der Waals surface area contributed by atoms with Gasteiger partial charge in [0, 0.05) is 23.0 Å². The summed E-state index contributed by atoms with van der Waals surface area (Å²) in [6.45, 7) is 3.78. The van der Waals surface area contributed by atoms with Crippen molar-refractivity contribution in [3.05, 3.63) is 27.8 Å². The van der Waals surface area contributed by atoms with Gasteiger partial charge in [-0.2, -0.15) is 0 Å². The number of halogens is 1. The molecule has 0 saturated heterocycles. The van der Waals surface area contributed by atoms with Crippen LogP contribution >= 0.6 is 11.6 Å². The van der Waals surface area contributed by atoms with E-state index in [1.807, 2.05) is 18.7 Å². The van der Waals surface area contributed by atoms with Crippen LogP contribution in [0.3, 0.4) is 0 Å². The number of nitrogens with two attached hydrogens (primary N) is 1. The molecule has 1 aromatic carbocycles. The predicted octanol–water partition coefficient (Wildman–Crippen LogP) is -0.277. The maximum Gasteiger partial charge on any atom is 0.235 e. The molecule has 4 rings (SSSR count). The van der Waals surface area contributed by atoms with E-state index in [4.69, 9.17) is 17.3 Å². The largest absolute Gasteiger partial charge is 0.507 e. The molecule has 5 N–H and O–H groups in total. The molecule has 212 valence electrons. The lowest BCUT2D eigenvalue weighted by atomic mass is 9.52. The summed E-state index contributed by atoms with van der Waals surface area (Å²) < 4.78 is 0. The van der Waals surface area contributed by atoms with Crippen molar-refractivity contribution in [2.45, 2.75) is 50.4 Å². The fourth-order valence-electron chi connectivity index (χ4n) is 6.41. The number of likely N-dealkylation sites (N-methyl/N-ethyl adjacent to an activating group) is 2. The minimum Gasteiger partial charge on any atom is -0.507 e. The van der Waals surface area contributed by atoms with Crippen LogP contribution < -0.4 is 5.73 Å². The van der Waals surface area contributed by atoms with E-state index >= 15 is 0 Å².